The maximum Gasteiger partial charge on any atom is 0.242 e. The molecule has 0 aliphatic rings. The molecule has 1 N–H and O–H groups in total. The number of hydrogen-bond donors (Lipinski definition) is 1. The predicted octanol–water partition coefficient (Wildman–Crippen LogP) is 4.23. The maximum atomic E-state index is 13.9. The zero-order valence-electron chi connectivity index (χ0n) is 15.1. The van der Waals surface area contributed by atoms with Crippen LogP contribution in [-0.4, -0.2) is 29.3 Å². The number of halogens is 3. The van der Waals surface area contributed by atoms with Crippen LogP contribution in [0.25, 0.3) is 0 Å². The van der Waals surface area contributed by atoms with Crippen molar-refractivity contribution in [2.24, 2.45) is 0 Å². The van der Waals surface area contributed by atoms with Crippen molar-refractivity contribution in [3.05, 3.63) is 69.5 Å². The highest BCUT2D eigenvalue weighted by Gasteiger charge is 2.26. The number of hydrogen-bond acceptors (Lipinski definition) is 2. The number of likely N-dealkylation sites (N-methyl/N-ethyl adjacent to an activating group) is 1. The van der Waals surface area contributed by atoms with Crippen LogP contribution in [0, 0.1) is 5.82 Å². The first-order chi connectivity index (χ1) is 12.8. The van der Waals surface area contributed by atoms with Crippen molar-refractivity contribution < 1.29 is 14.0 Å². The molecule has 2 amide bonds. The van der Waals surface area contributed by atoms with Crippen LogP contribution in [0.1, 0.15) is 25.0 Å². The minimum atomic E-state index is -0.723. The fourth-order valence-corrected chi connectivity index (χ4v) is 2.97. The molecule has 0 aliphatic carbocycles. The van der Waals surface area contributed by atoms with Gasteiger partial charge in [-0.1, -0.05) is 47.5 Å². The molecule has 0 spiro atoms. The van der Waals surface area contributed by atoms with Crippen LogP contribution in [0.3, 0.4) is 0 Å². The van der Waals surface area contributed by atoms with Crippen molar-refractivity contribution in [3.8, 4) is 0 Å². The van der Waals surface area contributed by atoms with Gasteiger partial charge >= 0.3 is 0 Å². The van der Waals surface area contributed by atoms with Gasteiger partial charge in [0.05, 0.1) is 16.5 Å². The highest BCUT2D eigenvalue weighted by atomic mass is 35.5. The monoisotopic (exact) mass is 410 g/mol. The number of rotatable bonds is 7. The summed E-state index contributed by atoms with van der Waals surface area (Å²) in [6, 6.07) is 10.4. The van der Waals surface area contributed by atoms with Gasteiger partial charge in [-0.3, -0.25) is 9.59 Å². The molecule has 7 heteroatoms. The average Bonchev–Trinajstić information content (AvgIpc) is 2.64. The normalized spacial score (nSPS) is 11.7. The Bertz CT molecular complexity index is 829. The molecule has 0 saturated carbocycles. The Morgan fingerprint density at radius 1 is 1.15 bits per heavy atom. The van der Waals surface area contributed by atoms with E-state index in [2.05, 4.69) is 5.32 Å². The Morgan fingerprint density at radius 3 is 2.48 bits per heavy atom. The van der Waals surface area contributed by atoms with Crippen LogP contribution in [0.15, 0.2) is 42.5 Å². The van der Waals surface area contributed by atoms with Crippen LogP contribution in [0.4, 0.5) is 4.39 Å². The molecule has 0 radical (unpaired) electrons. The summed E-state index contributed by atoms with van der Waals surface area (Å²) in [4.78, 5) is 26.6. The van der Waals surface area contributed by atoms with Crippen molar-refractivity contribution in [1.82, 2.24) is 10.2 Å². The molecule has 0 bridgehead atoms. The first kappa shape index (κ1) is 21.2. The molecule has 2 rings (SSSR count). The smallest absolute Gasteiger partial charge is 0.242 e. The van der Waals surface area contributed by atoms with Gasteiger partial charge in [0, 0.05) is 13.1 Å². The third kappa shape index (κ3) is 5.68. The molecule has 1 atom stereocenters. The molecule has 2 aromatic rings. The van der Waals surface area contributed by atoms with Gasteiger partial charge in [0.25, 0.3) is 0 Å². The molecule has 27 heavy (non-hydrogen) atoms. The van der Waals surface area contributed by atoms with Gasteiger partial charge in [-0.25, -0.2) is 4.39 Å². The van der Waals surface area contributed by atoms with E-state index in [1.807, 2.05) is 0 Å². The molecule has 2 aromatic carbocycles. The van der Waals surface area contributed by atoms with Gasteiger partial charge in [-0.2, -0.15) is 0 Å². The zero-order chi connectivity index (χ0) is 20.0. The number of nitrogens with zero attached hydrogens (tertiary/aromatic N) is 1. The van der Waals surface area contributed by atoms with Crippen LogP contribution in [-0.2, 0) is 22.6 Å². The first-order valence-electron chi connectivity index (χ1n) is 8.58. The van der Waals surface area contributed by atoms with Crippen molar-refractivity contribution in [2.45, 2.75) is 32.9 Å². The van der Waals surface area contributed by atoms with Crippen LogP contribution >= 0.6 is 23.2 Å². The Hall–Kier alpha value is -2.11. The maximum absolute atomic E-state index is 13.9. The number of carbonyl (C=O) groups is 2. The molecule has 1 unspecified atom stereocenters. The summed E-state index contributed by atoms with van der Waals surface area (Å²) in [5.41, 5.74) is 1.01. The Balaban J connectivity index is 2.27. The standard InChI is InChI=1S/C20H21Cl2FN2O2/c1-3-24-20(27)13(2)25(12-14-8-9-16(21)17(22)10-14)19(26)11-15-6-4-5-7-18(15)23/h4-10,13H,3,11-12H2,1-2H3,(H,24,27). The molecule has 0 aromatic heterocycles. The summed E-state index contributed by atoms with van der Waals surface area (Å²) in [7, 11) is 0. The van der Waals surface area contributed by atoms with Crippen molar-refractivity contribution in [1.29, 1.82) is 0 Å². The van der Waals surface area contributed by atoms with Crippen molar-refractivity contribution >= 4 is 35.0 Å². The summed E-state index contributed by atoms with van der Waals surface area (Å²) in [5, 5.41) is 3.47. The third-order valence-corrected chi connectivity index (χ3v) is 4.89. The lowest BCUT2D eigenvalue weighted by Gasteiger charge is -2.29. The molecular weight excluding hydrogens is 390 g/mol. The lowest BCUT2D eigenvalue weighted by Crippen LogP contribution is -2.48. The van der Waals surface area contributed by atoms with Gasteiger partial charge in [0.1, 0.15) is 11.9 Å². The van der Waals surface area contributed by atoms with E-state index in [4.69, 9.17) is 23.2 Å². The summed E-state index contributed by atoms with van der Waals surface area (Å²) >= 11 is 12.0. The fraction of sp³-hybridized carbons (Fsp3) is 0.300. The summed E-state index contributed by atoms with van der Waals surface area (Å²) in [6.45, 7) is 4.05. The molecular formula is C20H21Cl2FN2O2. The Kier molecular flexibility index (Phi) is 7.63. The van der Waals surface area contributed by atoms with E-state index in [1.165, 1.54) is 11.0 Å². The van der Waals surface area contributed by atoms with Crippen LogP contribution in [0.5, 0.6) is 0 Å². The van der Waals surface area contributed by atoms with Crippen molar-refractivity contribution in [2.75, 3.05) is 6.54 Å². The minimum absolute atomic E-state index is 0.141. The van der Waals surface area contributed by atoms with Crippen molar-refractivity contribution in [3.63, 3.8) is 0 Å². The largest absolute Gasteiger partial charge is 0.355 e. The van der Waals surface area contributed by atoms with E-state index in [1.54, 1.807) is 50.2 Å². The Labute approximate surface area is 168 Å². The molecule has 0 aliphatic heterocycles. The van der Waals surface area contributed by atoms with Gasteiger partial charge in [0.2, 0.25) is 11.8 Å². The zero-order valence-corrected chi connectivity index (χ0v) is 16.6. The van der Waals surface area contributed by atoms with E-state index in [-0.39, 0.29) is 30.3 Å². The summed E-state index contributed by atoms with van der Waals surface area (Å²) < 4.78 is 13.9. The topological polar surface area (TPSA) is 49.4 Å². The minimum Gasteiger partial charge on any atom is -0.355 e. The van der Waals surface area contributed by atoms with E-state index in [0.29, 0.717) is 16.6 Å². The average molecular weight is 411 g/mol. The van der Waals surface area contributed by atoms with E-state index < -0.39 is 11.9 Å². The van der Waals surface area contributed by atoms with E-state index >= 15 is 0 Å². The molecule has 0 fully saturated rings. The molecule has 0 heterocycles. The molecule has 4 nitrogen and oxygen atoms in total. The van der Waals surface area contributed by atoms with Crippen LogP contribution in [0.2, 0.25) is 10.0 Å². The number of nitrogens with one attached hydrogen (secondary N) is 1. The van der Waals surface area contributed by atoms with Gasteiger partial charge in [0.15, 0.2) is 0 Å². The first-order valence-corrected chi connectivity index (χ1v) is 9.33. The number of carbonyl (C=O) groups excluding carboxylic acids is 2. The Morgan fingerprint density at radius 2 is 1.85 bits per heavy atom. The van der Waals surface area contributed by atoms with Crippen LogP contribution < -0.4 is 5.32 Å². The quantitative estimate of drug-likeness (QED) is 0.742. The third-order valence-electron chi connectivity index (χ3n) is 4.15. The highest BCUT2D eigenvalue weighted by molar-refractivity contribution is 6.42. The van der Waals surface area contributed by atoms with E-state index in [0.717, 1.165) is 5.56 Å². The second-order valence-electron chi connectivity index (χ2n) is 6.11. The van der Waals surface area contributed by atoms with Gasteiger partial charge in [-0.05, 0) is 43.2 Å². The van der Waals surface area contributed by atoms with Gasteiger partial charge in [-0.15, -0.1) is 0 Å². The summed E-state index contributed by atoms with van der Waals surface area (Å²) in [6.07, 6.45) is -0.141. The predicted molar refractivity (Wildman–Crippen MR) is 105 cm³/mol. The molecule has 0 saturated heterocycles. The lowest BCUT2D eigenvalue weighted by molar-refractivity contribution is -0.140. The number of amides is 2. The fourth-order valence-electron chi connectivity index (χ4n) is 2.65. The summed E-state index contributed by atoms with van der Waals surface area (Å²) in [5.74, 6) is -1.09. The van der Waals surface area contributed by atoms with Gasteiger partial charge < -0.3 is 10.2 Å². The highest BCUT2D eigenvalue weighted by Crippen LogP contribution is 2.24. The number of benzene rings is 2. The molecule has 144 valence electrons. The second kappa shape index (κ2) is 9.72. The van der Waals surface area contributed by atoms with E-state index in [9.17, 15) is 14.0 Å². The second-order valence-corrected chi connectivity index (χ2v) is 6.92. The SMILES string of the molecule is CCNC(=O)C(C)N(Cc1ccc(Cl)c(Cl)c1)C(=O)Cc1ccccc1F. The lowest BCUT2D eigenvalue weighted by atomic mass is 10.1.